The molecule has 9 nitrogen and oxygen atoms in total. The highest BCUT2D eigenvalue weighted by Gasteiger charge is 2.30. The van der Waals surface area contributed by atoms with Crippen LogP contribution in [0.5, 0.6) is 0 Å². The van der Waals surface area contributed by atoms with Crippen LogP contribution in [0.2, 0.25) is 0 Å². The number of rotatable bonds is 55. The summed E-state index contributed by atoms with van der Waals surface area (Å²) in [4.78, 5) is 37.7. The number of hydrogen-bond acceptors (Lipinski definition) is 6. The molecular formula is C67H118N2O7P+. The highest BCUT2D eigenvalue weighted by Crippen LogP contribution is 2.43. The van der Waals surface area contributed by atoms with Gasteiger partial charge < -0.3 is 19.4 Å². The number of hydrogen-bond donors (Lipinski definition) is 2. The maximum Gasteiger partial charge on any atom is 0.472 e. The second-order valence-corrected chi connectivity index (χ2v) is 23.3. The first-order valence-corrected chi connectivity index (χ1v) is 32.7. The van der Waals surface area contributed by atoms with Crippen molar-refractivity contribution in [2.45, 2.75) is 264 Å². The Morgan fingerprint density at radius 1 is 0.468 bits per heavy atom. The van der Waals surface area contributed by atoms with E-state index in [2.05, 4.69) is 123 Å². The molecule has 0 saturated heterocycles. The van der Waals surface area contributed by atoms with E-state index in [-0.39, 0.29) is 37.9 Å². The monoisotopic (exact) mass is 1090 g/mol. The zero-order chi connectivity index (χ0) is 56.4. The smallest absolute Gasteiger partial charge is 0.456 e. The van der Waals surface area contributed by atoms with E-state index in [9.17, 15) is 19.0 Å². The average Bonchev–Trinajstić information content (AvgIpc) is 3.39. The zero-order valence-electron chi connectivity index (χ0n) is 50.4. The van der Waals surface area contributed by atoms with E-state index >= 15 is 0 Å². The number of carbonyl (C=O) groups is 2. The number of phosphoric ester groups is 1. The van der Waals surface area contributed by atoms with Crippen LogP contribution < -0.4 is 5.32 Å². The Balaban J connectivity index is 5.30. The molecule has 0 rings (SSSR count). The SMILES string of the molecule is CC/C=C/C/C=C/C/C=C/C/C=C/CCCCCC(=O)NC(COP(=O)(O)OCC[N+](C)(C)C)C(/C=C\CCCCCCCCCCCC)OC(=O)CCCCCCCCC/C=C\C/C=C\C/C=C\C/C=C\CCCCC. The molecule has 0 heterocycles. The summed E-state index contributed by atoms with van der Waals surface area (Å²) in [5.41, 5.74) is 0. The molecule has 3 unspecified atom stereocenters. The van der Waals surface area contributed by atoms with Crippen LogP contribution in [-0.4, -0.2) is 74.3 Å². The lowest BCUT2D eigenvalue weighted by molar-refractivity contribution is -0.870. The predicted molar refractivity (Wildman–Crippen MR) is 332 cm³/mol. The summed E-state index contributed by atoms with van der Waals surface area (Å²) in [5.74, 6) is -0.559. The van der Waals surface area contributed by atoms with Gasteiger partial charge in [0.1, 0.15) is 19.3 Å². The molecule has 10 heteroatoms. The highest BCUT2D eigenvalue weighted by molar-refractivity contribution is 7.47. The van der Waals surface area contributed by atoms with Crippen molar-refractivity contribution < 1.29 is 37.3 Å². The van der Waals surface area contributed by atoms with Crippen LogP contribution in [0.1, 0.15) is 252 Å². The van der Waals surface area contributed by atoms with Crippen LogP contribution in [0, 0.1) is 0 Å². The van der Waals surface area contributed by atoms with Crippen LogP contribution >= 0.6 is 7.82 Å². The molecule has 0 aliphatic rings. The molecule has 0 saturated carbocycles. The second kappa shape index (κ2) is 56.0. The van der Waals surface area contributed by atoms with Gasteiger partial charge in [-0.1, -0.05) is 233 Å². The zero-order valence-corrected chi connectivity index (χ0v) is 51.3. The summed E-state index contributed by atoms with van der Waals surface area (Å²) in [5, 5.41) is 3.03. The van der Waals surface area contributed by atoms with Gasteiger partial charge in [-0.2, -0.15) is 0 Å². The van der Waals surface area contributed by atoms with Crippen molar-refractivity contribution in [1.29, 1.82) is 0 Å². The predicted octanol–water partition coefficient (Wildman–Crippen LogP) is 19.3. The molecule has 442 valence electrons. The molecule has 2 N–H and O–H groups in total. The van der Waals surface area contributed by atoms with Crippen molar-refractivity contribution in [3.05, 3.63) is 109 Å². The molecule has 77 heavy (non-hydrogen) atoms. The number of allylic oxidation sites excluding steroid dienone is 17. The van der Waals surface area contributed by atoms with E-state index in [1.54, 1.807) is 0 Å². The Morgan fingerprint density at radius 2 is 0.831 bits per heavy atom. The van der Waals surface area contributed by atoms with Gasteiger partial charge in [-0.05, 0) is 115 Å². The number of phosphoric acid groups is 1. The molecule has 3 atom stereocenters. The maximum atomic E-state index is 13.5. The van der Waals surface area contributed by atoms with Crippen molar-refractivity contribution in [3.63, 3.8) is 0 Å². The minimum Gasteiger partial charge on any atom is -0.456 e. The Bertz CT molecular complexity index is 1690. The van der Waals surface area contributed by atoms with Gasteiger partial charge in [-0.3, -0.25) is 18.6 Å². The fourth-order valence-corrected chi connectivity index (χ4v) is 9.12. The number of nitrogens with one attached hydrogen (secondary N) is 1. The molecule has 0 aromatic rings. The minimum atomic E-state index is -4.47. The standard InChI is InChI=1S/C67H117N2O7P/c1-7-10-13-16-19-22-25-28-30-32-33-34-35-36-37-38-40-42-45-48-51-54-57-60-67(71)76-65(58-55-52-49-46-43-27-24-21-18-15-12-9-3)64(63-75-77(72,73)74-62-61-69(4,5)6)68-66(70)59-56-53-50-47-44-41-39-31-29-26-23-20-17-14-11-8-2/h11,14,19-20,22-23,28-31,33-34,36-37,41,44,55,58,64-65H,7-10,12-13,15-18,21,24-27,32,35,38-40,42-43,45-54,56-57,59-63H2,1-6H3,(H-,68,70,72,73)/p+1/b14-11+,22-19-,23-20+,30-28-,31-29+,34-33-,37-36-,44-41+,58-55-. The topological polar surface area (TPSA) is 111 Å². The van der Waals surface area contributed by atoms with E-state index < -0.39 is 20.0 Å². The lowest BCUT2D eigenvalue weighted by Gasteiger charge is -2.27. The highest BCUT2D eigenvalue weighted by atomic mass is 31.2. The second-order valence-electron chi connectivity index (χ2n) is 21.8. The number of likely N-dealkylation sites (N-methyl/N-ethyl adjacent to an activating group) is 1. The first-order valence-electron chi connectivity index (χ1n) is 31.2. The largest absolute Gasteiger partial charge is 0.472 e. The molecule has 0 radical (unpaired) electrons. The van der Waals surface area contributed by atoms with Crippen LogP contribution in [0.15, 0.2) is 109 Å². The lowest BCUT2D eigenvalue weighted by atomic mass is 10.0. The van der Waals surface area contributed by atoms with E-state index in [0.29, 0.717) is 17.4 Å². The summed E-state index contributed by atoms with van der Waals surface area (Å²) in [7, 11) is 1.45. The van der Waals surface area contributed by atoms with Crippen molar-refractivity contribution in [2.75, 3.05) is 40.9 Å². The van der Waals surface area contributed by atoms with Gasteiger partial charge in [-0.25, -0.2) is 4.57 Å². The van der Waals surface area contributed by atoms with Crippen molar-refractivity contribution in [3.8, 4) is 0 Å². The van der Waals surface area contributed by atoms with Gasteiger partial charge >= 0.3 is 13.8 Å². The van der Waals surface area contributed by atoms with Gasteiger partial charge in [0.05, 0.1) is 33.8 Å². The summed E-state index contributed by atoms with van der Waals surface area (Å²) < 4.78 is 30.7. The minimum absolute atomic E-state index is 0.0263. The van der Waals surface area contributed by atoms with Crippen molar-refractivity contribution in [2.24, 2.45) is 0 Å². The Labute approximate surface area is 474 Å². The first-order chi connectivity index (χ1) is 37.4. The summed E-state index contributed by atoms with van der Waals surface area (Å²) in [6.07, 6.45) is 76.6. The van der Waals surface area contributed by atoms with Gasteiger partial charge in [0.2, 0.25) is 5.91 Å². The van der Waals surface area contributed by atoms with E-state index in [1.807, 2.05) is 33.3 Å². The van der Waals surface area contributed by atoms with Crippen LogP contribution in [0.25, 0.3) is 0 Å². The van der Waals surface area contributed by atoms with Crippen LogP contribution in [0.3, 0.4) is 0 Å². The van der Waals surface area contributed by atoms with Crippen LogP contribution in [-0.2, 0) is 27.9 Å². The summed E-state index contributed by atoms with van der Waals surface area (Å²) in [6, 6.07) is -0.876. The summed E-state index contributed by atoms with van der Waals surface area (Å²) >= 11 is 0. The fourth-order valence-electron chi connectivity index (χ4n) is 8.38. The number of esters is 1. The average molecular weight is 1090 g/mol. The Kier molecular flexibility index (Phi) is 53.5. The third-order valence-corrected chi connectivity index (χ3v) is 14.2. The molecule has 0 bridgehead atoms. The molecule has 0 aliphatic carbocycles. The lowest BCUT2D eigenvalue weighted by Crippen LogP contribution is -2.47. The quantitative estimate of drug-likeness (QED) is 0.0205. The third-order valence-electron chi connectivity index (χ3n) is 13.2. The maximum absolute atomic E-state index is 13.5. The number of ether oxygens (including phenoxy) is 1. The number of unbranched alkanes of at least 4 members (excludes halogenated alkanes) is 23. The van der Waals surface area contributed by atoms with Crippen LogP contribution in [0.4, 0.5) is 0 Å². The number of nitrogens with zero attached hydrogens (tertiary/aromatic N) is 1. The summed E-state index contributed by atoms with van der Waals surface area (Å²) in [6.45, 7) is 6.82. The molecule has 1 amide bonds. The van der Waals surface area contributed by atoms with Gasteiger partial charge in [-0.15, -0.1) is 0 Å². The molecule has 0 fully saturated rings. The van der Waals surface area contributed by atoms with E-state index in [4.69, 9.17) is 13.8 Å². The fraction of sp³-hybridized carbons (Fsp3) is 0.701. The van der Waals surface area contributed by atoms with Gasteiger partial charge in [0.15, 0.2) is 0 Å². The number of carbonyl (C=O) groups excluding carboxylic acids is 2. The van der Waals surface area contributed by atoms with E-state index in [1.165, 1.54) is 96.3 Å². The third kappa shape index (κ3) is 57.2. The molecular weight excluding hydrogens is 976 g/mol. The van der Waals surface area contributed by atoms with Gasteiger partial charge in [0.25, 0.3) is 0 Å². The normalized spacial score (nSPS) is 14.4. The van der Waals surface area contributed by atoms with Crippen molar-refractivity contribution >= 4 is 19.7 Å². The van der Waals surface area contributed by atoms with Gasteiger partial charge in [0, 0.05) is 12.8 Å². The molecule has 0 aliphatic heterocycles. The number of amides is 1. The van der Waals surface area contributed by atoms with Crippen molar-refractivity contribution in [1.82, 2.24) is 5.32 Å². The molecule has 0 aromatic carbocycles. The Morgan fingerprint density at radius 3 is 1.29 bits per heavy atom. The number of quaternary nitrogens is 1. The molecule has 0 aromatic heterocycles. The van der Waals surface area contributed by atoms with E-state index in [0.717, 1.165) is 116 Å². The first kappa shape index (κ1) is 73.7. The molecule has 0 spiro atoms. The Hall–Kier alpha value is -3.33.